The number of thioether (sulfide) groups is 1. The topological polar surface area (TPSA) is 87.7 Å². The Morgan fingerprint density at radius 1 is 0.929 bits per heavy atom. The molecule has 1 heterocycles. The van der Waals surface area contributed by atoms with Crippen LogP contribution in [0.5, 0.6) is 5.75 Å². The smallest absolute Gasteiger partial charge is 0.251 e. The predicted molar refractivity (Wildman–Crippen MR) is 169 cm³/mol. The number of aromatic nitrogens is 2. The van der Waals surface area contributed by atoms with Gasteiger partial charge < -0.3 is 19.9 Å². The maximum Gasteiger partial charge on any atom is 0.251 e. The quantitative estimate of drug-likeness (QED) is 0.158. The summed E-state index contributed by atoms with van der Waals surface area (Å²) in [6.45, 7) is 3.97. The number of halogens is 1. The Morgan fingerprint density at radius 2 is 1.55 bits per heavy atom. The number of hydrogen-bond acceptors (Lipinski definition) is 7. The lowest BCUT2D eigenvalue weighted by atomic mass is 10.0. The van der Waals surface area contributed by atoms with Gasteiger partial charge in [0.2, 0.25) is 5.91 Å². The Kier molecular flexibility index (Phi) is 10.4. The maximum absolute atomic E-state index is 14.0. The molecule has 0 aliphatic carbocycles. The van der Waals surface area contributed by atoms with Crippen molar-refractivity contribution in [2.75, 3.05) is 37.2 Å². The van der Waals surface area contributed by atoms with Crippen molar-refractivity contribution in [3.63, 3.8) is 0 Å². The lowest BCUT2D eigenvalue weighted by molar-refractivity contribution is -0.137. The minimum absolute atomic E-state index is 0.0496. The molecular formula is C32H34ClN5O3S. The SMILES string of the molecule is COc1ccc(CN(C(=O)CSc2nc(C)cc(C)n2)[C@H](C(=O)Nc2ccc(N(C)C)cc2)c2ccc(Cl)cc2)cc1. The number of hydrogen-bond donors (Lipinski definition) is 1. The van der Waals surface area contributed by atoms with Gasteiger partial charge in [-0.1, -0.05) is 47.6 Å². The van der Waals surface area contributed by atoms with Gasteiger partial charge in [0.05, 0.1) is 12.9 Å². The zero-order valence-corrected chi connectivity index (χ0v) is 25.9. The van der Waals surface area contributed by atoms with Crippen LogP contribution in [0.15, 0.2) is 84.0 Å². The van der Waals surface area contributed by atoms with Gasteiger partial charge in [-0.05, 0) is 79.6 Å². The number of carbonyl (C=O) groups is 2. The number of rotatable bonds is 11. The van der Waals surface area contributed by atoms with Crippen LogP contribution in [0, 0.1) is 13.8 Å². The second-order valence-electron chi connectivity index (χ2n) is 9.98. The van der Waals surface area contributed by atoms with Gasteiger partial charge in [-0.3, -0.25) is 9.59 Å². The highest BCUT2D eigenvalue weighted by Crippen LogP contribution is 2.29. The number of nitrogens with one attached hydrogen (secondary N) is 1. The van der Waals surface area contributed by atoms with Crippen LogP contribution in [0.25, 0.3) is 0 Å². The average Bonchev–Trinajstić information content (AvgIpc) is 2.96. The average molecular weight is 604 g/mol. The molecule has 10 heteroatoms. The van der Waals surface area contributed by atoms with Crippen molar-refractivity contribution < 1.29 is 14.3 Å². The van der Waals surface area contributed by atoms with Gasteiger partial charge >= 0.3 is 0 Å². The van der Waals surface area contributed by atoms with Crippen LogP contribution in [0.1, 0.15) is 28.6 Å². The van der Waals surface area contributed by atoms with Crippen LogP contribution >= 0.6 is 23.4 Å². The Balaban J connectivity index is 1.69. The van der Waals surface area contributed by atoms with Crippen LogP contribution in [0.4, 0.5) is 11.4 Å². The van der Waals surface area contributed by atoms with E-state index < -0.39 is 6.04 Å². The number of benzene rings is 3. The number of aryl methyl sites for hydroxylation is 2. The second kappa shape index (κ2) is 14.2. The summed E-state index contributed by atoms with van der Waals surface area (Å²) in [6, 6.07) is 22.9. The van der Waals surface area contributed by atoms with E-state index in [1.54, 1.807) is 36.3 Å². The highest BCUT2D eigenvalue weighted by atomic mass is 35.5. The first kappa shape index (κ1) is 30.9. The van der Waals surface area contributed by atoms with Crippen LogP contribution in [0.2, 0.25) is 5.02 Å². The summed E-state index contributed by atoms with van der Waals surface area (Å²) in [6.07, 6.45) is 0. The molecule has 0 aliphatic rings. The van der Waals surface area contributed by atoms with E-state index in [4.69, 9.17) is 16.3 Å². The molecule has 0 saturated heterocycles. The van der Waals surface area contributed by atoms with Gasteiger partial charge in [-0.2, -0.15) is 0 Å². The molecule has 4 rings (SSSR count). The Bertz CT molecular complexity index is 1490. The third kappa shape index (κ3) is 8.24. The molecule has 2 amide bonds. The highest BCUT2D eigenvalue weighted by molar-refractivity contribution is 7.99. The largest absolute Gasteiger partial charge is 0.497 e. The molecule has 3 aromatic carbocycles. The van der Waals surface area contributed by atoms with E-state index in [0.717, 1.165) is 22.6 Å². The molecule has 0 saturated carbocycles. The van der Waals surface area contributed by atoms with E-state index in [2.05, 4.69) is 15.3 Å². The fraction of sp³-hybridized carbons (Fsp3) is 0.250. The fourth-order valence-corrected chi connectivity index (χ4v) is 5.35. The summed E-state index contributed by atoms with van der Waals surface area (Å²) in [7, 11) is 5.50. The van der Waals surface area contributed by atoms with Crippen molar-refractivity contribution in [1.82, 2.24) is 14.9 Å². The van der Waals surface area contributed by atoms with E-state index in [-0.39, 0.29) is 24.1 Å². The molecule has 0 bridgehead atoms. The summed E-state index contributed by atoms with van der Waals surface area (Å²) < 4.78 is 5.31. The molecule has 218 valence electrons. The molecule has 8 nitrogen and oxygen atoms in total. The van der Waals surface area contributed by atoms with Crippen molar-refractivity contribution in [2.45, 2.75) is 31.6 Å². The zero-order chi connectivity index (χ0) is 30.2. The van der Waals surface area contributed by atoms with Crippen molar-refractivity contribution in [2.24, 2.45) is 0 Å². The van der Waals surface area contributed by atoms with Crippen LogP contribution in [-0.4, -0.2) is 53.6 Å². The minimum atomic E-state index is -0.939. The first-order valence-electron chi connectivity index (χ1n) is 13.3. The van der Waals surface area contributed by atoms with Crippen molar-refractivity contribution in [3.8, 4) is 5.75 Å². The van der Waals surface area contributed by atoms with E-state index >= 15 is 0 Å². The van der Waals surface area contributed by atoms with Gasteiger partial charge in [0.25, 0.3) is 5.91 Å². The molecule has 0 spiro atoms. The van der Waals surface area contributed by atoms with Crippen molar-refractivity contribution >= 4 is 46.6 Å². The lowest BCUT2D eigenvalue weighted by Crippen LogP contribution is -2.41. The second-order valence-corrected chi connectivity index (χ2v) is 11.4. The number of amides is 2. The zero-order valence-electron chi connectivity index (χ0n) is 24.3. The Labute approximate surface area is 256 Å². The summed E-state index contributed by atoms with van der Waals surface area (Å²) in [5, 5.41) is 4.06. The first-order chi connectivity index (χ1) is 20.1. The van der Waals surface area contributed by atoms with Gasteiger partial charge in [-0.25, -0.2) is 9.97 Å². The van der Waals surface area contributed by atoms with Gasteiger partial charge in [-0.15, -0.1) is 0 Å². The molecule has 1 aromatic heterocycles. The van der Waals surface area contributed by atoms with E-state index in [1.165, 1.54) is 11.8 Å². The van der Waals surface area contributed by atoms with E-state index in [9.17, 15) is 9.59 Å². The summed E-state index contributed by atoms with van der Waals surface area (Å²) >= 11 is 7.44. The number of anilines is 2. The highest BCUT2D eigenvalue weighted by Gasteiger charge is 2.32. The van der Waals surface area contributed by atoms with E-state index in [1.807, 2.05) is 87.4 Å². The molecule has 0 aliphatic heterocycles. The molecular weight excluding hydrogens is 570 g/mol. The standard InChI is InChI=1S/C32H34ClN5O3S/c1-21-18-22(2)35-32(34-21)42-20-29(39)38(19-23-6-16-28(41-5)17-7-23)30(24-8-10-25(33)11-9-24)31(40)36-26-12-14-27(15-13-26)37(3)4/h6-18,30H,19-20H2,1-5H3,(H,36,40)/t30-/m0/s1. The van der Waals surface area contributed by atoms with Gasteiger partial charge in [0.1, 0.15) is 11.8 Å². The van der Waals surface area contributed by atoms with Crippen molar-refractivity contribution in [1.29, 1.82) is 0 Å². The molecule has 0 fully saturated rings. The summed E-state index contributed by atoms with van der Waals surface area (Å²) in [5.41, 5.74) is 4.76. The maximum atomic E-state index is 14.0. The molecule has 0 radical (unpaired) electrons. The molecule has 4 aromatic rings. The number of carbonyl (C=O) groups excluding carboxylic acids is 2. The van der Waals surface area contributed by atoms with Gasteiger partial charge in [0, 0.05) is 48.4 Å². The number of nitrogens with zero attached hydrogens (tertiary/aromatic N) is 4. The minimum Gasteiger partial charge on any atom is -0.497 e. The van der Waals surface area contributed by atoms with Crippen LogP contribution in [-0.2, 0) is 16.1 Å². The van der Waals surface area contributed by atoms with Crippen molar-refractivity contribution in [3.05, 3.63) is 106 Å². The summed E-state index contributed by atoms with van der Waals surface area (Å²) in [4.78, 5) is 40.5. The predicted octanol–water partition coefficient (Wildman–Crippen LogP) is 6.32. The molecule has 42 heavy (non-hydrogen) atoms. The number of methoxy groups -OCH3 is 1. The molecule has 0 unspecified atom stereocenters. The number of ether oxygens (including phenoxy) is 1. The summed E-state index contributed by atoms with van der Waals surface area (Å²) in [5.74, 6) is 0.168. The fourth-order valence-electron chi connectivity index (χ4n) is 4.39. The van der Waals surface area contributed by atoms with Gasteiger partial charge in [0.15, 0.2) is 5.16 Å². The first-order valence-corrected chi connectivity index (χ1v) is 14.7. The Hall–Kier alpha value is -4.08. The van der Waals surface area contributed by atoms with E-state index in [0.29, 0.717) is 27.2 Å². The third-order valence-corrected chi connectivity index (χ3v) is 7.60. The third-order valence-electron chi connectivity index (χ3n) is 6.52. The Morgan fingerprint density at radius 3 is 2.12 bits per heavy atom. The molecule has 1 atom stereocenters. The normalized spacial score (nSPS) is 11.5. The molecule has 1 N–H and O–H groups in total. The monoisotopic (exact) mass is 603 g/mol. The van der Waals surface area contributed by atoms with Crippen LogP contribution < -0.4 is 15.0 Å². The van der Waals surface area contributed by atoms with Crippen LogP contribution in [0.3, 0.4) is 0 Å². The lowest BCUT2D eigenvalue weighted by Gasteiger charge is -2.31.